The van der Waals surface area contributed by atoms with Gasteiger partial charge in [0.2, 0.25) is 0 Å². The number of pyridine rings is 1. The molecule has 1 saturated heterocycles. The fraction of sp³-hybridized carbons (Fsp3) is 0.429. The summed E-state index contributed by atoms with van der Waals surface area (Å²) >= 11 is 5.09. The van der Waals surface area contributed by atoms with Crippen LogP contribution < -0.4 is 5.32 Å². The van der Waals surface area contributed by atoms with Crippen LogP contribution in [0.25, 0.3) is 10.1 Å². The van der Waals surface area contributed by atoms with Crippen LogP contribution in [0.4, 0.5) is 5.82 Å². The van der Waals surface area contributed by atoms with E-state index in [2.05, 4.69) is 44.2 Å². The second-order valence-corrected chi connectivity index (χ2v) is 7.60. The molecule has 4 nitrogen and oxygen atoms in total. The van der Waals surface area contributed by atoms with Gasteiger partial charge in [0.05, 0.1) is 14.0 Å². The molecule has 0 radical (unpaired) electrons. The number of fused-ring (bicyclic) bond motifs is 1. The topological polar surface area (TPSA) is 52.0 Å². The molecule has 104 valence electrons. The third kappa shape index (κ3) is 2.66. The molecule has 2 aromatic rings. The molecule has 6 heteroatoms. The molecule has 3 rings (SSSR count). The van der Waals surface area contributed by atoms with E-state index in [1.807, 2.05) is 6.07 Å². The first-order chi connectivity index (χ1) is 9.67. The van der Waals surface area contributed by atoms with Crippen LogP contribution in [0.3, 0.4) is 0 Å². The van der Waals surface area contributed by atoms with E-state index in [0.29, 0.717) is 11.6 Å². The van der Waals surface area contributed by atoms with Gasteiger partial charge in [-0.15, -0.1) is 11.3 Å². The number of hydrogen-bond donors (Lipinski definition) is 1. The van der Waals surface area contributed by atoms with Crippen molar-refractivity contribution < 1.29 is 0 Å². The Balaban J connectivity index is 1.94. The lowest BCUT2D eigenvalue weighted by atomic mass is 10.1. The predicted octanol–water partition coefficient (Wildman–Crippen LogP) is 3.44. The van der Waals surface area contributed by atoms with E-state index >= 15 is 0 Å². The molecule has 1 atom stereocenters. The summed E-state index contributed by atoms with van der Waals surface area (Å²) in [5.74, 6) is 0.890. The smallest absolute Gasteiger partial charge is 0.135 e. The van der Waals surface area contributed by atoms with Gasteiger partial charge in [-0.1, -0.05) is 0 Å². The van der Waals surface area contributed by atoms with Gasteiger partial charge in [-0.05, 0) is 48.4 Å². The van der Waals surface area contributed by atoms with E-state index in [1.165, 1.54) is 19.4 Å². The number of nitrogens with one attached hydrogen (secondary N) is 1. The highest BCUT2D eigenvalue weighted by Crippen LogP contribution is 2.35. The van der Waals surface area contributed by atoms with Crippen LogP contribution in [0, 0.1) is 11.3 Å². The highest BCUT2D eigenvalue weighted by Gasteiger charge is 2.19. The molecule has 0 saturated carbocycles. The van der Waals surface area contributed by atoms with Crippen molar-refractivity contribution in [3.63, 3.8) is 0 Å². The van der Waals surface area contributed by atoms with Crippen LogP contribution in [0.1, 0.15) is 18.4 Å². The van der Waals surface area contributed by atoms with Crippen LogP contribution in [0.2, 0.25) is 0 Å². The number of piperidine rings is 1. The van der Waals surface area contributed by atoms with Crippen LogP contribution in [-0.4, -0.2) is 36.1 Å². The lowest BCUT2D eigenvalue weighted by molar-refractivity contribution is 0.261. The Morgan fingerprint density at radius 1 is 1.60 bits per heavy atom. The Hall–Kier alpha value is -1.16. The van der Waals surface area contributed by atoms with Gasteiger partial charge in [0.1, 0.15) is 11.9 Å². The highest BCUT2D eigenvalue weighted by atomic mass is 79.9. The van der Waals surface area contributed by atoms with Crippen molar-refractivity contribution in [1.29, 1.82) is 5.26 Å². The number of anilines is 1. The molecule has 1 N–H and O–H groups in total. The average Bonchev–Trinajstić information content (AvgIpc) is 2.81. The Labute approximate surface area is 130 Å². The van der Waals surface area contributed by atoms with Crippen LogP contribution in [0.15, 0.2) is 16.0 Å². The van der Waals surface area contributed by atoms with Crippen LogP contribution >= 0.6 is 27.3 Å². The van der Waals surface area contributed by atoms with Gasteiger partial charge in [-0.2, -0.15) is 5.26 Å². The molecular formula is C14H15BrN4S. The summed E-state index contributed by atoms with van der Waals surface area (Å²) in [6.07, 6.45) is 4.04. The number of likely N-dealkylation sites (N-methyl/N-ethyl adjacent to an activating group) is 1. The Morgan fingerprint density at radius 3 is 3.20 bits per heavy atom. The first-order valence-electron chi connectivity index (χ1n) is 6.60. The molecule has 0 bridgehead atoms. The fourth-order valence-electron chi connectivity index (χ4n) is 2.67. The highest BCUT2D eigenvalue weighted by molar-refractivity contribution is 9.11. The van der Waals surface area contributed by atoms with Gasteiger partial charge in [-0.25, -0.2) is 4.98 Å². The summed E-state index contributed by atoms with van der Waals surface area (Å²) in [7, 11) is 2.15. The number of nitriles is 1. The molecule has 1 aliphatic rings. The van der Waals surface area contributed by atoms with Gasteiger partial charge in [0, 0.05) is 24.2 Å². The first-order valence-corrected chi connectivity index (χ1v) is 8.21. The third-order valence-corrected chi connectivity index (χ3v) is 5.28. The van der Waals surface area contributed by atoms with E-state index in [1.54, 1.807) is 17.5 Å². The third-order valence-electron chi connectivity index (χ3n) is 3.61. The van der Waals surface area contributed by atoms with Gasteiger partial charge in [0.15, 0.2) is 0 Å². The minimum absolute atomic E-state index is 0.427. The van der Waals surface area contributed by atoms with Crippen molar-refractivity contribution in [3.8, 4) is 6.07 Å². The molecule has 0 spiro atoms. The van der Waals surface area contributed by atoms with Crippen molar-refractivity contribution in [1.82, 2.24) is 9.88 Å². The molecule has 0 amide bonds. The number of hydrogen-bond acceptors (Lipinski definition) is 5. The molecule has 1 fully saturated rings. The largest absolute Gasteiger partial charge is 0.366 e. The van der Waals surface area contributed by atoms with Gasteiger partial charge >= 0.3 is 0 Å². The number of thiophene rings is 1. The standard InChI is InChI=1S/C14H15BrN4S/c1-19-4-2-3-10(8-19)18-14-11-5-12(15)20-13(11)9(6-16)7-17-14/h5,7,10H,2-4,8H2,1H3,(H,17,18)/t10-/m0/s1. The number of aromatic nitrogens is 1. The second-order valence-electron chi connectivity index (χ2n) is 5.17. The average molecular weight is 351 g/mol. The maximum atomic E-state index is 9.17. The van der Waals surface area contributed by atoms with Gasteiger partial charge in [-0.3, -0.25) is 0 Å². The first kappa shape index (κ1) is 13.8. The zero-order valence-electron chi connectivity index (χ0n) is 11.2. The van der Waals surface area contributed by atoms with Crippen molar-refractivity contribution >= 4 is 43.2 Å². The number of likely N-dealkylation sites (tertiary alicyclic amines) is 1. The van der Waals surface area contributed by atoms with E-state index in [9.17, 15) is 0 Å². The summed E-state index contributed by atoms with van der Waals surface area (Å²) in [5, 5.41) is 13.7. The maximum Gasteiger partial charge on any atom is 0.135 e. The number of halogens is 1. The van der Waals surface area contributed by atoms with E-state index in [0.717, 1.165) is 26.2 Å². The SMILES string of the molecule is CN1CCC[C@H](Nc2ncc(C#N)c3sc(Br)cc23)C1. The summed E-state index contributed by atoms with van der Waals surface area (Å²) in [6, 6.07) is 4.68. The van der Waals surface area contributed by atoms with Crippen LogP contribution in [0.5, 0.6) is 0 Å². The summed E-state index contributed by atoms with van der Waals surface area (Å²) in [4.78, 5) is 6.78. The molecule has 1 aliphatic heterocycles. The molecule has 0 unspecified atom stereocenters. The van der Waals surface area contributed by atoms with Crippen LogP contribution in [-0.2, 0) is 0 Å². The second kappa shape index (κ2) is 5.68. The molecule has 20 heavy (non-hydrogen) atoms. The minimum Gasteiger partial charge on any atom is -0.366 e. The molecular weight excluding hydrogens is 336 g/mol. The summed E-state index contributed by atoms with van der Waals surface area (Å²) in [5.41, 5.74) is 0.641. The lowest BCUT2D eigenvalue weighted by Gasteiger charge is -2.30. The number of nitrogens with zero attached hydrogens (tertiary/aromatic N) is 3. The monoisotopic (exact) mass is 350 g/mol. The Morgan fingerprint density at radius 2 is 2.45 bits per heavy atom. The van der Waals surface area contributed by atoms with Gasteiger partial charge < -0.3 is 10.2 Å². The zero-order chi connectivity index (χ0) is 14.1. The van der Waals surface area contributed by atoms with Crippen molar-refractivity contribution in [2.45, 2.75) is 18.9 Å². The molecule has 2 aromatic heterocycles. The van der Waals surface area contributed by atoms with Gasteiger partial charge in [0.25, 0.3) is 0 Å². The minimum atomic E-state index is 0.427. The molecule has 0 aliphatic carbocycles. The number of rotatable bonds is 2. The zero-order valence-corrected chi connectivity index (χ0v) is 13.6. The Kier molecular flexibility index (Phi) is 3.92. The van der Waals surface area contributed by atoms with Crippen molar-refractivity contribution in [3.05, 3.63) is 21.6 Å². The van der Waals surface area contributed by atoms with Crippen molar-refractivity contribution in [2.75, 3.05) is 25.5 Å². The maximum absolute atomic E-state index is 9.17. The summed E-state index contributed by atoms with van der Waals surface area (Å²) in [6.45, 7) is 2.20. The lowest BCUT2D eigenvalue weighted by Crippen LogP contribution is -2.39. The summed E-state index contributed by atoms with van der Waals surface area (Å²) < 4.78 is 2.03. The molecule has 3 heterocycles. The van der Waals surface area contributed by atoms with E-state index < -0.39 is 0 Å². The molecule has 0 aromatic carbocycles. The normalized spacial score (nSPS) is 19.9. The van der Waals surface area contributed by atoms with E-state index in [4.69, 9.17) is 5.26 Å². The quantitative estimate of drug-likeness (QED) is 0.901. The fourth-order valence-corrected chi connectivity index (χ4v) is 4.23. The van der Waals surface area contributed by atoms with Crippen molar-refractivity contribution in [2.24, 2.45) is 0 Å². The predicted molar refractivity (Wildman–Crippen MR) is 86.2 cm³/mol. The van der Waals surface area contributed by atoms with E-state index in [-0.39, 0.29) is 0 Å². The Bertz CT molecular complexity index is 676.